The molecule has 4 N–H and O–H groups in total. The van der Waals surface area contributed by atoms with Crippen LogP contribution in [0.15, 0.2) is 24.3 Å². The van der Waals surface area contributed by atoms with Gasteiger partial charge in [0, 0.05) is 3.57 Å². The molecule has 0 aliphatic heterocycles. The SMILES string of the molecule is Cc1[nH]nc(C(=O)Nc2ccccc2I)c1N. The number of nitrogens with two attached hydrogens (primary N) is 1. The lowest BCUT2D eigenvalue weighted by Crippen LogP contribution is -2.15. The van der Waals surface area contributed by atoms with Gasteiger partial charge in [-0.15, -0.1) is 0 Å². The van der Waals surface area contributed by atoms with Gasteiger partial charge in [-0.1, -0.05) is 12.1 Å². The van der Waals surface area contributed by atoms with E-state index in [1.165, 1.54) is 0 Å². The van der Waals surface area contributed by atoms with Gasteiger partial charge in [0.25, 0.3) is 5.91 Å². The van der Waals surface area contributed by atoms with Crippen LogP contribution in [-0.4, -0.2) is 16.1 Å². The summed E-state index contributed by atoms with van der Waals surface area (Å²) in [5.74, 6) is -0.309. The molecule has 0 aliphatic carbocycles. The molecular weight excluding hydrogens is 331 g/mol. The normalized spacial score (nSPS) is 10.2. The molecule has 0 spiro atoms. The number of carbonyl (C=O) groups excluding carboxylic acids is 1. The Morgan fingerprint density at radius 2 is 2.18 bits per heavy atom. The second-order valence-electron chi connectivity index (χ2n) is 3.54. The van der Waals surface area contributed by atoms with Gasteiger partial charge in [0.1, 0.15) is 0 Å². The summed E-state index contributed by atoms with van der Waals surface area (Å²) in [6.07, 6.45) is 0. The van der Waals surface area contributed by atoms with E-state index in [-0.39, 0.29) is 11.6 Å². The van der Waals surface area contributed by atoms with Gasteiger partial charge in [0.15, 0.2) is 5.69 Å². The molecule has 17 heavy (non-hydrogen) atoms. The van der Waals surface area contributed by atoms with Crippen molar-refractivity contribution in [1.82, 2.24) is 10.2 Å². The molecule has 2 rings (SSSR count). The minimum atomic E-state index is -0.309. The molecule has 0 unspecified atom stereocenters. The van der Waals surface area contributed by atoms with E-state index in [2.05, 4.69) is 38.1 Å². The molecule has 5 nitrogen and oxygen atoms in total. The Kier molecular flexibility index (Phi) is 3.32. The van der Waals surface area contributed by atoms with Crippen LogP contribution in [0.2, 0.25) is 0 Å². The Hall–Kier alpha value is -1.57. The molecule has 1 aromatic carbocycles. The van der Waals surface area contributed by atoms with Crippen LogP contribution in [0.25, 0.3) is 0 Å². The van der Waals surface area contributed by atoms with E-state index in [4.69, 9.17) is 5.73 Å². The molecule has 1 aromatic heterocycles. The van der Waals surface area contributed by atoms with Crippen molar-refractivity contribution in [1.29, 1.82) is 0 Å². The quantitative estimate of drug-likeness (QED) is 0.732. The summed E-state index contributed by atoms with van der Waals surface area (Å²) in [4.78, 5) is 11.9. The molecule has 0 saturated heterocycles. The summed E-state index contributed by atoms with van der Waals surface area (Å²) < 4.78 is 0.962. The first-order valence-electron chi connectivity index (χ1n) is 4.96. The minimum absolute atomic E-state index is 0.224. The predicted molar refractivity (Wildman–Crippen MR) is 74.8 cm³/mol. The van der Waals surface area contributed by atoms with Crippen LogP contribution >= 0.6 is 22.6 Å². The van der Waals surface area contributed by atoms with E-state index in [1.807, 2.05) is 24.3 Å². The van der Waals surface area contributed by atoms with Crippen molar-refractivity contribution >= 4 is 39.9 Å². The maximum Gasteiger partial charge on any atom is 0.278 e. The van der Waals surface area contributed by atoms with Gasteiger partial charge >= 0.3 is 0 Å². The lowest BCUT2D eigenvalue weighted by atomic mass is 10.2. The zero-order chi connectivity index (χ0) is 12.4. The number of nitrogens with zero attached hydrogens (tertiary/aromatic N) is 1. The van der Waals surface area contributed by atoms with Crippen molar-refractivity contribution in [2.45, 2.75) is 6.92 Å². The molecule has 1 heterocycles. The van der Waals surface area contributed by atoms with Gasteiger partial charge in [0.05, 0.1) is 17.1 Å². The fraction of sp³-hybridized carbons (Fsp3) is 0.0909. The van der Waals surface area contributed by atoms with Crippen molar-refractivity contribution in [2.75, 3.05) is 11.1 Å². The average molecular weight is 342 g/mol. The third-order valence-electron chi connectivity index (χ3n) is 2.33. The van der Waals surface area contributed by atoms with Crippen LogP contribution in [0, 0.1) is 10.5 Å². The number of hydrogen-bond donors (Lipinski definition) is 3. The molecule has 0 saturated carbocycles. The van der Waals surface area contributed by atoms with E-state index in [0.29, 0.717) is 11.4 Å². The van der Waals surface area contributed by atoms with Crippen LogP contribution in [0.3, 0.4) is 0 Å². The van der Waals surface area contributed by atoms with Gasteiger partial charge < -0.3 is 11.1 Å². The Bertz CT molecular complexity index is 564. The van der Waals surface area contributed by atoms with Crippen molar-refractivity contribution in [3.05, 3.63) is 39.2 Å². The fourth-order valence-corrected chi connectivity index (χ4v) is 1.88. The minimum Gasteiger partial charge on any atom is -0.395 e. The number of aromatic nitrogens is 2. The standard InChI is InChI=1S/C11H11IN4O/c1-6-9(13)10(16-15-6)11(17)14-8-5-3-2-4-7(8)12/h2-5H,13H2,1H3,(H,14,17)(H,15,16). The summed E-state index contributed by atoms with van der Waals surface area (Å²) in [5, 5.41) is 9.33. The molecule has 6 heteroatoms. The number of hydrogen-bond acceptors (Lipinski definition) is 3. The van der Waals surface area contributed by atoms with E-state index >= 15 is 0 Å². The Balaban J connectivity index is 2.23. The third kappa shape index (κ3) is 2.41. The van der Waals surface area contributed by atoms with Crippen LogP contribution < -0.4 is 11.1 Å². The molecule has 0 radical (unpaired) electrons. The number of aromatic amines is 1. The average Bonchev–Trinajstić information content (AvgIpc) is 2.63. The van der Waals surface area contributed by atoms with E-state index in [0.717, 1.165) is 9.26 Å². The monoisotopic (exact) mass is 342 g/mol. The first-order chi connectivity index (χ1) is 8.09. The number of aryl methyl sites for hydroxylation is 1. The van der Waals surface area contributed by atoms with Gasteiger partial charge in [0.2, 0.25) is 0 Å². The van der Waals surface area contributed by atoms with Crippen LogP contribution in [0.5, 0.6) is 0 Å². The molecule has 0 fully saturated rings. The Morgan fingerprint density at radius 1 is 1.47 bits per heavy atom. The molecule has 88 valence electrons. The number of halogens is 1. The number of H-pyrrole nitrogens is 1. The molecule has 1 amide bonds. The molecule has 0 bridgehead atoms. The highest BCUT2D eigenvalue weighted by atomic mass is 127. The summed E-state index contributed by atoms with van der Waals surface area (Å²) in [7, 11) is 0. The fourth-order valence-electron chi connectivity index (χ4n) is 1.35. The second-order valence-corrected chi connectivity index (χ2v) is 4.71. The number of nitrogens with one attached hydrogen (secondary N) is 2. The highest BCUT2D eigenvalue weighted by molar-refractivity contribution is 14.1. The second kappa shape index (κ2) is 4.74. The van der Waals surface area contributed by atoms with Gasteiger partial charge in [-0.2, -0.15) is 5.10 Å². The first-order valence-corrected chi connectivity index (χ1v) is 6.04. The summed E-state index contributed by atoms with van der Waals surface area (Å²) in [5.41, 5.74) is 7.79. The lowest BCUT2D eigenvalue weighted by Gasteiger charge is -2.05. The van der Waals surface area contributed by atoms with Crippen molar-refractivity contribution < 1.29 is 4.79 Å². The first kappa shape index (κ1) is 11.9. The number of rotatable bonds is 2. The number of anilines is 2. The highest BCUT2D eigenvalue weighted by Gasteiger charge is 2.15. The lowest BCUT2D eigenvalue weighted by molar-refractivity contribution is 0.102. The number of nitrogen functional groups attached to an aromatic ring is 1. The number of benzene rings is 1. The zero-order valence-corrected chi connectivity index (χ0v) is 11.3. The number of amides is 1. The maximum atomic E-state index is 11.9. The van der Waals surface area contributed by atoms with Crippen LogP contribution in [-0.2, 0) is 0 Å². The van der Waals surface area contributed by atoms with E-state index in [1.54, 1.807) is 6.92 Å². The van der Waals surface area contributed by atoms with Crippen molar-refractivity contribution in [3.8, 4) is 0 Å². The third-order valence-corrected chi connectivity index (χ3v) is 3.27. The summed E-state index contributed by atoms with van der Waals surface area (Å²) >= 11 is 2.15. The topological polar surface area (TPSA) is 83.8 Å². The summed E-state index contributed by atoms with van der Waals surface area (Å²) in [6.45, 7) is 1.77. The van der Waals surface area contributed by atoms with Crippen molar-refractivity contribution in [3.63, 3.8) is 0 Å². The van der Waals surface area contributed by atoms with Gasteiger partial charge in [-0.3, -0.25) is 9.89 Å². The molecule has 0 atom stereocenters. The molecule has 2 aromatic rings. The predicted octanol–water partition coefficient (Wildman–Crippen LogP) is 2.16. The van der Waals surface area contributed by atoms with Crippen molar-refractivity contribution in [2.24, 2.45) is 0 Å². The van der Waals surface area contributed by atoms with Gasteiger partial charge in [-0.05, 0) is 41.6 Å². The smallest absolute Gasteiger partial charge is 0.278 e. The highest BCUT2D eigenvalue weighted by Crippen LogP contribution is 2.19. The number of carbonyl (C=O) groups is 1. The molecular formula is C11H11IN4O. The van der Waals surface area contributed by atoms with Gasteiger partial charge in [-0.25, -0.2) is 0 Å². The zero-order valence-electron chi connectivity index (χ0n) is 9.12. The Morgan fingerprint density at radius 3 is 2.76 bits per heavy atom. The van der Waals surface area contributed by atoms with E-state index in [9.17, 15) is 4.79 Å². The van der Waals surface area contributed by atoms with Crippen LogP contribution in [0.1, 0.15) is 16.2 Å². The maximum absolute atomic E-state index is 11.9. The number of para-hydroxylation sites is 1. The molecule has 0 aliphatic rings. The van der Waals surface area contributed by atoms with E-state index < -0.39 is 0 Å². The summed E-state index contributed by atoms with van der Waals surface area (Å²) in [6, 6.07) is 7.51. The Labute approximate surface area is 112 Å². The largest absolute Gasteiger partial charge is 0.395 e. The van der Waals surface area contributed by atoms with Crippen LogP contribution in [0.4, 0.5) is 11.4 Å².